The van der Waals surface area contributed by atoms with Crippen molar-refractivity contribution in [3.63, 3.8) is 0 Å². The number of piperazine rings is 1. The number of rotatable bonds is 2. The number of carbonyl (C=O) groups is 1. The molecule has 1 aliphatic heterocycles. The molecule has 0 unspecified atom stereocenters. The number of nitrogens with zero attached hydrogens (tertiary/aromatic N) is 2. The third-order valence-electron chi connectivity index (χ3n) is 2.98. The normalized spacial score (nSPS) is 19.1. The van der Waals surface area contributed by atoms with Gasteiger partial charge in [-0.2, -0.15) is 0 Å². The van der Waals surface area contributed by atoms with Crippen LogP contribution >= 0.6 is 0 Å². The Kier molecular flexibility index (Phi) is 3.97. The summed E-state index contributed by atoms with van der Waals surface area (Å²) in [4.78, 5) is 15.8. The number of hydrogen-bond donors (Lipinski definition) is 0. The van der Waals surface area contributed by atoms with E-state index in [1.165, 1.54) is 0 Å². The van der Waals surface area contributed by atoms with E-state index in [0.717, 1.165) is 32.6 Å². The van der Waals surface area contributed by atoms with Gasteiger partial charge >= 0.3 is 6.09 Å². The summed E-state index contributed by atoms with van der Waals surface area (Å²) in [6, 6.07) is 0. The summed E-state index contributed by atoms with van der Waals surface area (Å²) >= 11 is 0. The summed E-state index contributed by atoms with van der Waals surface area (Å²) in [6.45, 7) is 9.33. The molecule has 0 saturated carbocycles. The average Bonchev–Trinajstić information content (AvgIpc) is 2.18. The molecule has 4 heteroatoms. The van der Waals surface area contributed by atoms with Crippen LogP contribution in [0.2, 0.25) is 0 Å². The number of ether oxygens (including phenoxy) is 1. The van der Waals surface area contributed by atoms with Crippen molar-refractivity contribution in [3.05, 3.63) is 0 Å². The number of amides is 1. The molecule has 1 aliphatic rings. The largest absolute Gasteiger partial charge is 0.443 e. The fourth-order valence-electron chi connectivity index (χ4n) is 1.36. The van der Waals surface area contributed by atoms with E-state index in [1.807, 2.05) is 20.8 Å². The van der Waals surface area contributed by atoms with Gasteiger partial charge < -0.3 is 14.5 Å². The lowest BCUT2D eigenvalue weighted by Crippen LogP contribution is -2.48. The third-order valence-corrected chi connectivity index (χ3v) is 2.98. The minimum Gasteiger partial charge on any atom is -0.443 e. The van der Waals surface area contributed by atoms with E-state index < -0.39 is 0 Å². The average molecular weight is 214 g/mol. The first-order valence-electron chi connectivity index (χ1n) is 5.61. The highest BCUT2D eigenvalue weighted by atomic mass is 16.6. The highest BCUT2D eigenvalue weighted by Gasteiger charge is 2.26. The zero-order valence-electron chi connectivity index (χ0n) is 10.2. The lowest BCUT2D eigenvalue weighted by atomic mass is 10.1. The second-order valence-electron chi connectivity index (χ2n) is 4.77. The van der Waals surface area contributed by atoms with Crippen molar-refractivity contribution >= 4 is 6.09 Å². The molecule has 1 heterocycles. The van der Waals surface area contributed by atoms with Crippen LogP contribution in [-0.4, -0.2) is 54.7 Å². The Bertz CT molecular complexity index is 221. The van der Waals surface area contributed by atoms with E-state index in [9.17, 15) is 4.79 Å². The molecule has 0 aromatic heterocycles. The minimum absolute atomic E-state index is 0.171. The predicted molar refractivity (Wildman–Crippen MR) is 59.9 cm³/mol. The van der Waals surface area contributed by atoms with Crippen LogP contribution in [0.4, 0.5) is 4.79 Å². The summed E-state index contributed by atoms with van der Waals surface area (Å²) in [5, 5.41) is 0. The topological polar surface area (TPSA) is 32.8 Å². The van der Waals surface area contributed by atoms with Crippen molar-refractivity contribution in [2.24, 2.45) is 0 Å². The monoisotopic (exact) mass is 214 g/mol. The van der Waals surface area contributed by atoms with Gasteiger partial charge in [0.15, 0.2) is 0 Å². The summed E-state index contributed by atoms with van der Waals surface area (Å²) in [5.41, 5.74) is -0.347. The van der Waals surface area contributed by atoms with Gasteiger partial charge in [-0.25, -0.2) is 4.79 Å². The Morgan fingerprint density at radius 1 is 1.27 bits per heavy atom. The highest BCUT2D eigenvalue weighted by molar-refractivity contribution is 5.68. The summed E-state index contributed by atoms with van der Waals surface area (Å²) in [6.07, 6.45) is 0.668. The first-order valence-corrected chi connectivity index (χ1v) is 5.61. The summed E-state index contributed by atoms with van der Waals surface area (Å²) in [5.74, 6) is 0. The van der Waals surface area contributed by atoms with Crippen molar-refractivity contribution in [1.82, 2.24) is 9.80 Å². The molecule has 0 spiro atoms. The van der Waals surface area contributed by atoms with E-state index in [2.05, 4.69) is 11.9 Å². The third kappa shape index (κ3) is 3.70. The summed E-state index contributed by atoms with van der Waals surface area (Å²) < 4.78 is 5.43. The molecule has 1 rings (SSSR count). The van der Waals surface area contributed by atoms with Crippen LogP contribution in [0.3, 0.4) is 0 Å². The fraction of sp³-hybridized carbons (Fsp3) is 0.909. The minimum atomic E-state index is -0.347. The van der Waals surface area contributed by atoms with Crippen LogP contribution < -0.4 is 0 Å². The standard InChI is InChI=1S/C11H22N2O2/c1-5-11(2,3)15-10(14)13-8-6-12(4)7-9-13/h5-9H2,1-4H3. The first kappa shape index (κ1) is 12.3. The van der Waals surface area contributed by atoms with Crippen LogP contribution in [0.5, 0.6) is 0 Å². The molecule has 15 heavy (non-hydrogen) atoms. The van der Waals surface area contributed by atoms with Gasteiger partial charge in [0, 0.05) is 26.2 Å². The van der Waals surface area contributed by atoms with Crippen LogP contribution in [0.15, 0.2) is 0 Å². The zero-order chi connectivity index (χ0) is 11.5. The SMILES string of the molecule is CCC(C)(C)OC(=O)N1CCN(C)CC1. The van der Waals surface area contributed by atoms with Gasteiger partial charge in [-0.15, -0.1) is 0 Å². The van der Waals surface area contributed by atoms with Crippen molar-refractivity contribution in [1.29, 1.82) is 0 Å². The van der Waals surface area contributed by atoms with E-state index in [4.69, 9.17) is 4.74 Å². The molecular weight excluding hydrogens is 192 g/mol. The van der Waals surface area contributed by atoms with Gasteiger partial charge in [0.25, 0.3) is 0 Å². The smallest absolute Gasteiger partial charge is 0.410 e. The van der Waals surface area contributed by atoms with E-state index in [1.54, 1.807) is 4.90 Å². The quantitative estimate of drug-likeness (QED) is 0.699. The Labute approximate surface area is 92.2 Å². The van der Waals surface area contributed by atoms with Crippen LogP contribution in [0.1, 0.15) is 27.2 Å². The van der Waals surface area contributed by atoms with Gasteiger partial charge in [-0.1, -0.05) is 6.92 Å². The summed E-state index contributed by atoms with van der Waals surface area (Å²) in [7, 11) is 2.07. The molecule has 0 atom stereocenters. The molecule has 1 amide bonds. The maximum atomic E-state index is 11.8. The van der Waals surface area contributed by atoms with E-state index in [-0.39, 0.29) is 11.7 Å². The molecule has 1 saturated heterocycles. The molecule has 0 bridgehead atoms. The molecule has 0 radical (unpaired) electrons. The van der Waals surface area contributed by atoms with Crippen LogP contribution in [-0.2, 0) is 4.74 Å². The second-order valence-corrected chi connectivity index (χ2v) is 4.77. The van der Waals surface area contributed by atoms with Gasteiger partial charge in [-0.3, -0.25) is 0 Å². The first-order chi connectivity index (χ1) is 6.94. The molecule has 0 aromatic rings. The van der Waals surface area contributed by atoms with E-state index >= 15 is 0 Å². The van der Waals surface area contributed by atoms with Gasteiger partial charge in [0.2, 0.25) is 0 Å². The van der Waals surface area contributed by atoms with Crippen LogP contribution in [0.25, 0.3) is 0 Å². The lowest BCUT2D eigenvalue weighted by Gasteiger charge is -2.34. The number of likely N-dealkylation sites (N-methyl/N-ethyl adjacent to an activating group) is 1. The zero-order valence-corrected chi connectivity index (χ0v) is 10.2. The Morgan fingerprint density at radius 2 is 1.80 bits per heavy atom. The van der Waals surface area contributed by atoms with Crippen molar-refractivity contribution in [2.45, 2.75) is 32.8 Å². The number of carbonyl (C=O) groups excluding carboxylic acids is 1. The van der Waals surface area contributed by atoms with Gasteiger partial charge in [-0.05, 0) is 27.3 Å². The molecule has 0 N–H and O–H groups in total. The molecule has 1 fully saturated rings. The Morgan fingerprint density at radius 3 is 2.27 bits per heavy atom. The molecular formula is C11H22N2O2. The molecule has 88 valence electrons. The lowest BCUT2D eigenvalue weighted by molar-refractivity contribution is 0.00419. The van der Waals surface area contributed by atoms with Crippen molar-refractivity contribution < 1.29 is 9.53 Å². The van der Waals surface area contributed by atoms with Crippen molar-refractivity contribution in [2.75, 3.05) is 33.2 Å². The Hall–Kier alpha value is -0.770. The molecule has 0 aromatic carbocycles. The van der Waals surface area contributed by atoms with Crippen molar-refractivity contribution in [3.8, 4) is 0 Å². The van der Waals surface area contributed by atoms with E-state index in [0.29, 0.717) is 0 Å². The highest BCUT2D eigenvalue weighted by Crippen LogP contribution is 2.15. The maximum Gasteiger partial charge on any atom is 0.410 e. The fourth-order valence-corrected chi connectivity index (χ4v) is 1.36. The Balaban J connectivity index is 2.41. The van der Waals surface area contributed by atoms with Crippen LogP contribution in [0, 0.1) is 0 Å². The maximum absolute atomic E-state index is 11.8. The predicted octanol–water partition coefficient (Wildman–Crippen LogP) is 1.56. The molecule has 0 aliphatic carbocycles. The second kappa shape index (κ2) is 4.84. The van der Waals surface area contributed by atoms with Gasteiger partial charge in [0.1, 0.15) is 5.60 Å². The van der Waals surface area contributed by atoms with Gasteiger partial charge in [0.05, 0.1) is 0 Å². The number of hydrogen-bond acceptors (Lipinski definition) is 3. The molecule has 4 nitrogen and oxygen atoms in total.